The van der Waals surface area contributed by atoms with Gasteiger partial charge in [-0.1, -0.05) is 15.9 Å². The molecule has 0 saturated carbocycles. The molecule has 0 saturated heterocycles. The number of alkyl halides is 4. The maximum atomic E-state index is 5.74. The van der Waals surface area contributed by atoms with Crippen molar-refractivity contribution in [1.29, 1.82) is 0 Å². The molecule has 0 aliphatic carbocycles. The monoisotopic (exact) mass is 238 g/mol. The van der Waals surface area contributed by atoms with Gasteiger partial charge in [0, 0.05) is 5.33 Å². The lowest BCUT2D eigenvalue weighted by molar-refractivity contribution is 0.777. The Balaban J connectivity index is 3.71. The normalized spacial score (nSPS) is 18.8. The van der Waals surface area contributed by atoms with Crippen molar-refractivity contribution >= 4 is 50.7 Å². The summed E-state index contributed by atoms with van der Waals surface area (Å²) in [7, 11) is 0. The van der Waals surface area contributed by atoms with Gasteiger partial charge in [0.2, 0.25) is 0 Å². The molecule has 4 heteroatoms. The molecule has 0 spiro atoms. The lowest BCUT2D eigenvalue weighted by atomic mass is 10.2. The Morgan fingerprint density at radius 2 is 2.00 bits per heavy atom. The lowest BCUT2D eigenvalue weighted by Crippen LogP contribution is -2.26. The van der Waals surface area contributed by atoms with Gasteiger partial charge in [0.05, 0.1) is 4.87 Å². The van der Waals surface area contributed by atoms with Gasteiger partial charge >= 0.3 is 0 Å². The molecule has 50 valence electrons. The minimum Gasteiger partial charge on any atom is -0.116 e. The molecule has 0 aromatic rings. The minimum absolute atomic E-state index is 0.524. The van der Waals surface area contributed by atoms with Crippen molar-refractivity contribution < 1.29 is 0 Å². The molecule has 0 nitrogen and oxygen atoms in total. The predicted octanol–water partition coefficient (Wildman–Crippen LogP) is 3.18. The summed E-state index contributed by atoms with van der Waals surface area (Å²) in [5.74, 6) is 0. The fraction of sp³-hybridized carbons (Fsp3) is 1.00. The van der Waals surface area contributed by atoms with Gasteiger partial charge in [-0.2, -0.15) is 0 Å². The largest absolute Gasteiger partial charge is 0.127 e. The van der Waals surface area contributed by atoms with Crippen molar-refractivity contribution in [3.8, 4) is 0 Å². The Morgan fingerprint density at radius 3 is 2.00 bits per heavy atom. The van der Waals surface area contributed by atoms with E-state index in [9.17, 15) is 0 Å². The second-order valence-corrected chi connectivity index (χ2v) is 4.23. The molecule has 0 radical (unpaired) electrons. The molecule has 0 rings (SSSR count). The van der Waals surface area contributed by atoms with E-state index in [1.165, 1.54) is 0 Å². The van der Waals surface area contributed by atoms with Gasteiger partial charge in [0.25, 0.3) is 0 Å². The molecule has 0 N–H and O–H groups in total. The molecule has 8 heavy (non-hydrogen) atoms. The number of hydrogen-bond acceptors (Lipinski definition) is 0. The molecule has 0 aromatic heterocycles. The van der Waals surface area contributed by atoms with Crippen LogP contribution >= 0.6 is 50.7 Å². The fourth-order valence-electron chi connectivity index (χ4n) is 0.0583. The van der Waals surface area contributed by atoms with Crippen molar-refractivity contribution in [2.24, 2.45) is 0 Å². The summed E-state index contributed by atoms with van der Waals surface area (Å²) in [4.78, 5) is -1.06. The van der Waals surface area contributed by atoms with E-state index < -0.39 is 9.71 Å². The van der Waals surface area contributed by atoms with Gasteiger partial charge in [-0.3, -0.25) is 0 Å². The summed E-state index contributed by atoms with van der Waals surface area (Å²) < 4.78 is 0. The van der Waals surface area contributed by atoms with Crippen molar-refractivity contribution in [2.45, 2.75) is 16.6 Å². The highest BCUT2D eigenvalue weighted by atomic mass is 79.9. The smallest absolute Gasteiger partial charge is 0.116 e. The molecule has 1 atom stereocenters. The molecule has 0 fully saturated rings. The third-order valence-electron chi connectivity index (χ3n) is 0.716. The highest BCUT2D eigenvalue weighted by Crippen LogP contribution is 2.28. The van der Waals surface area contributed by atoms with E-state index >= 15 is 0 Å². The molecule has 0 bridgehead atoms. The van der Waals surface area contributed by atoms with Crippen molar-refractivity contribution in [3.63, 3.8) is 0 Å². The Hall–Kier alpha value is 1.35. The Labute approximate surface area is 72.6 Å². The van der Waals surface area contributed by atoms with Crippen molar-refractivity contribution in [3.05, 3.63) is 0 Å². The second kappa shape index (κ2) is 3.50. The van der Waals surface area contributed by atoms with Crippen LogP contribution in [0.25, 0.3) is 0 Å². The summed E-state index contributed by atoms with van der Waals surface area (Å²) in [5, 5.41) is 0.596. The van der Waals surface area contributed by atoms with Crippen LogP contribution in [-0.2, 0) is 0 Å². The zero-order chi connectivity index (χ0) is 6.78. The topological polar surface area (TPSA) is 0 Å². The summed E-state index contributed by atoms with van der Waals surface area (Å²) in [6, 6.07) is 0. The first-order valence-corrected chi connectivity index (χ1v) is 4.41. The lowest BCUT2D eigenvalue weighted by Gasteiger charge is -2.18. The summed E-state index contributed by atoms with van der Waals surface area (Å²) >= 11 is 19.9. The first-order chi connectivity index (χ1) is 3.50. The summed E-state index contributed by atoms with van der Waals surface area (Å²) in [6.45, 7) is 1.77. The van der Waals surface area contributed by atoms with Gasteiger partial charge in [-0.15, -0.1) is 34.8 Å². The van der Waals surface area contributed by atoms with Crippen molar-refractivity contribution in [1.82, 2.24) is 0 Å². The third-order valence-corrected chi connectivity index (χ3v) is 3.74. The van der Waals surface area contributed by atoms with Crippen LogP contribution in [0.5, 0.6) is 0 Å². The standard InChI is InChI=1S/C4H6BrCl3/c1-4(8,2-5)3(6)7/h3H,2H2,1H3. The first-order valence-electron chi connectivity index (χ1n) is 2.03. The van der Waals surface area contributed by atoms with Gasteiger partial charge < -0.3 is 0 Å². The minimum atomic E-state index is -0.539. The second-order valence-electron chi connectivity index (χ2n) is 1.71. The average molecular weight is 240 g/mol. The Morgan fingerprint density at radius 1 is 1.62 bits per heavy atom. The van der Waals surface area contributed by atoms with Gasteiger partial charge in [-0.05, 0) is 6.92 Å². The van der Waals surface area contributed by atoms with E-state index in [1.54, 1.807) is 6.92 Å². The molecular weight excluding hydrogens is 234 g/mol. The summed E-state index contributed by atoms with van der Waals surface area (Å²) in [6.07, 6.45) is 0. The van der Waals surface area contributed by atoms with Crippen LogP contribution in [0.1, 0.15) is 6.92 Å². The van der Waals surface area contributed by atoms with E-state index in [0.717, 1.165) is 0 Å². The highest BCUT2D eigenvalue weighted by molar-refractivity contribution is 9.09. The van der Waals surface area contributed by atoms with Gasteiger partial charge in [0.15, 0.2) is 0 Å². The molecule has 0 aliphatic heterocycles. The van der Waals surface area contributed by atoms with Crippen LogP contribution in [0.4, 0.5) is 0 Å². The molecular formula is C4H6BrCl3. The number of halogens is 4. The number of rotatable bonds is 2. The summed E-state index contributed by atoms with van der Waals surface area (Å²) in [5.41, 5.74) is 0. The molecule has 0 aliphatic rings. The van der Waals surface area contributed by atoms with Crippen LogP contribution < -0.4 is 0 Å². The van der Waals surface area contributed by atoms with E-state index in [4.69, 9.17) is 34.8 Å². The van der Waals surface area contributed by atoms with E-state index in [1.807, 2.05) is 0 Å². The SMILES string of the molecule is CC(Cl)(CBr)C(Cl)Cl. The maximum Gasteiger partial charge on any atom is 0.127 e. The Kier molecular flexibility index (Phi) is 4.09. The zero-order valence-corrected chi connectivity index (χ0v) is 8.15. The van der Waals surface area contributed by atoms with E-state index in [2.05, 4.69) is 15.9 Å². The molecule has 1 unspecified atom stereocenters. The highest BCUT2D eigenvalue weighted by Gasteiger charge is 2.27. The zero-order valence-electron chi connectivity index (χ0n) is 4.30. The maximum absolute atomic E-state index is 5.74. The molecule has 0 heterocycles. The predicted molar refractivity (Wildman–Crippen MR) is 43.5 cm³/mol. The average Bonchev–Trinajstić information content (AvgIpc) is 1.67. The fourth-order valence-corrected chi connectivity index (χ4v) is 0.909. The quantitative estimate of drug-likeness (QED) is 0.650. The van der Waals surface area contributed by atoms with Gasteiger partial charge in [-0.25, -0.2) is 0 Å². The molecule has 0 aromatic carbocycles. The van der Waals surface area contributed by atoms with Crippen LogP contribution in [-0.4, -0.2) is 15.0 Å². The molecule has 0 amide bonds. The first kappa shape index (κ1) is 9.35. The van der Waals surface area contributed by atoms with Crippen LogP contribution in [0.3, 0.4) is 0 Å². The van der Waals surface area contributed by atoms with Crippen LogP contribution in [0.15, 0.2) is 0 Å². The van der Waals surface area contributed by atoms with Crippen molar-refractivity contribution in [2.75, 3.05) is 5.33 Å². The van der Waals surface area contributed by atoms with E-state index in [-0.39, 0.29) is 0 Å². The van der Waals surface area contributed by atoms with E-state index in [0.29, 0.717) is 5.33 Å². The number of hydrogen-bond donors (Lipinski definition) is 0. The Bertz CT molecular complexity index is 71.7. The van der Waals surface area contributed by atoms with Gasteiger partial charge in [0.1, 0.15) is 4.84 Å². The van der Waals surface area contributed by atoms with Crippen LogP contribution in [0.2, 0.25) is 0 Å². The third kappa shape index (κ3) is 2.77. The van der Waals surface area contributed by atoms with Crippen LogP contribution in [0, 0.1) is 0 Å².